The van der Waals surface area contributed by atoms with Gasteiger partial charge < -0.3 is 5.11 Å². The van der Waals surface area contributed by atoms with Gasteiger partial charge in [-0.2, -0.15) is 5.26 Å². The second kappa shape index (κ2) is 7.36. The number of sulfone groups is 1. The van der Waals surface area contributed by atoms with Crippen LogP contribution >= 0.6 is 0 Å². The summed E-state index contributed by atoms with van der Waals surface area (Å²) in [7, 11) is -3.97. The van der Waals surface area contributed by atoms with Crippen LogP contribution in [0.25, 0.3) is 0 Å². The van der Waals surface area contributed by atoms with Crippen LogP contribution in [0.3, 0.4) is 0 Å². The minimum atomic E-state index is -3.97. The fourth-order valence-corrected chi connectivity index (χ4v) is 4.13. The third-order valence-corrected chi connectivity index (χ3v) is 5.95. The van der Waals surface area contributed by atoms with Crippen LogP contribution in [0.1, 0.15) is 23.6 Å². The molecule has 5 nitrogen and oxygen atoms in total. The summed E-state index contributed by atoms with van der Waals surface area (Å²) in [5, 5.41) is 19.3. The minimum Gasteiger partial charge on any atom is -0.381 e. The molecule has 0 amide bonds. The molecule has 26 heavy (non-hydrogen) atoms. The highest BCUT2D eigenvalue weighted by Gasteiger charge is 2.36. The van der Waals surface area contributed by atoms with E-state index in [1.54, 1.807) is 25.1 Å². The van der Waals surface area contributed by atoms with Crippen LogP contribution in [0.5, 0.6) is 0 Å². The van der Waals surface area contributed by atoms with Crippen LogP contribution in [-0.2, 0) is 21.1 Å². The van der Waals surface area contributed by atoms with Gasteiger partial charge in [0.2, 0.25) is 0 Å². The van der Waals surface area contributed by atoms with Gasteiger partial charge in [0.1, 0.15) is 11.4 Å². The lowest BCUT2D eigenvalue weighted by Crippen LogP contribution is -2.43. The summed E-state index contributed by atoms with van der Waals surface area (Å²) >= 11 is 0. The summed E-state index contributed by atoms with van der Waals surface area (Å²) in [6.07, 6.45) is -0.168. The maximum absolute atomic E-state index is 13.0. The quantitative estimate of drug-likeness (QED) is 0.782. The smallest absolute Gasteiger partial charge is 0.181 e. The van der Waals surface area contributed by atoms with E-state index in [1.165, 1.54) is 0 Å². The SMILES string of the molecule is Cc1cc(CC(=O)C(C)(O)CS(=O)(=O)c2ccc(F)cc2)ccc1C#N. The van der Waals surface area contributed by atoms with Crippen molar-refractivity contribution in [3.63, 3.8) is 0 Å². The van der Waals surface area contributed by atoms with Crippen LogP contribution in [0, 0.1) is 24.1 Å². The summed E-state index contributed by atoms with van der Waals surface area (Å²) < 4.78 is 37.7. The summed E-state index contributed by atoms with van der Waals surface area (Å²) in [5.41, 5.74) is -0.358. The first-order valence-electron chi connectivity index (χ1n) is 7.79. The molecule has 136 valence electrons. The fraction of sp³-hybridized carbons (Fsp3) is 0.263. The molecule has 7 heteroatoms. The van der Waals surface area contributed by atoms with Gasteiger partial charge in [-0.05, 0) is 55.3 Å². The van der Waals surface area contributed by atoms with Crippen molar-refractivity contribution in [1.82, 2.24) is 0 Å². The summed E-state index contributed by atoms with van der Waals surface area (Å²) in [5.74, 6) is -2.05. The molecule has 0 bridgehead atoms. The number of Topliss-reactive ketones (excluding diaryl/α,β-unsaturated/α-hetero) is 1. The lowest BCUT2D eigenvalue weighted by molar-refractivity contribution is -0.133. The van der Waals surface area contributed by atoms with Crippen molar-refractivity contribution in [3.05, 3.63) is 65.0 Å². The molecule has 0 spiro atoms. The first-order chi connectivity index (χ1) is 12.0. The Morgan fingerprint density at radius 2 is 1.85 bits per heavy atom. The standard InChI is InChI=1S/C19H18FNO4S/c1-13-9-14(3-4-15(13)11-21)10-18(22)19(2,23)12-26(24,25)17-7-5-16(20)6-8-17/h3-9,23H,10,12H2,1-2H3. The Hall–Kier alpha value is -2.56. The molecule has 0 aliphatic carbocycles. The van der Waals surface area contributed by atoms with Crippen molar-refractivity contribution in [3.8, 4) is 6.07 Å². The highest BCUT2D eigenvalue weighted by Crippen LogP contribution is 2.20. The third kappa shape index (κ3) is 4.54. The molecular formula is C19H18FNO4S. The molecule has 0 heterocycles. The number of hydrogen-bond acceptors (Lipinski definition) is 5. The van der Waals surface area contributed by atoms with Crippen LogP contribution in [0.15, 0.2) is 47.4 Å². The number of aliphatic hydroxyl groups is 1. The topological polar surface area (TPSA) is 95.2 Å². The second-order valence-electron chi connectivity index (χ2n) is 6.35. The monoisotopic (exact) mass is 375 g/mol. The van der Waals surface area contributed by atoms with Gasteiger partial charge in [0, 0.05) is 6.42 Å². The van der Waals surface area contributed by atoms with Crippen LogP contribution < -0.4 is 0 Å². The van der Waals surface area contributed by atoms with Gasteiger partial charge in [0.15, 0.2) is 15.6 Å². The van der Waals surface area contributed by atoms with Crippen LogP contribution in [0.4, 0.5) is 4.39 Å². The highest BCUT2D eigenvalue weighted by atomic mass is 32.2. The van der Waals surface area contributed by atoms with E-state index in [0.29, 0.717) is 16.7 Å². The van der Waals surface area contributed by atoms with Crippen molar-refractivity contribution < 1.29 is 22.7 Å². The molecule has 1 atom stereocenters. The largest absolute Gasteiger partial charge is 0.381 e. The molecule has 2 aromatic carbocycles. The van der Waals surface area contributed by atoms with Gasteiger partial charge in [-0.1, -0.05) is 12.1 Å². The lowest BCUT2D eigenvalue weighted by atomic mass is 9.95. The summed E-state index contributed by atoms with van der Waals surface area (Å²) in [6, 6.07) is 11.0. The molecule has 0 saturated carbocycles. The normalized spacial score (nSPS) is 13.7. The average molecular weight is 375 g/mol. The maximum Gasteiger partial charge on any atom is 0.181 e. The Bertz CT molecular complexity index is 974. The zero-order valence-electron chi connectivity index (χ0n) is 14.4. The second-order valence-corrected chi connectivity index (χ2v) is 8.34. The molecule has 1 N–H and O–H groups in total. The van der Waals surface area contributed by atoms with E-state index in [0.717, 1.165) is 31.2 Å². The molecule has 0 aliphatic rings. The molecule has 0 aliphatic heterocycles. The zero-order chi connectivity index (χ0) is 19.5. The number of benzene rings is 2. The zero-order valence-corrected chi connectivity index (χ0v) is 15.2. The molecule has 0 fully saturated rings. The number of nitrogens with zero attached hydrogens (tertiary/aromatic N) is 1. The molecule has 0 saturated heterocycles. The summed E-state index contributed by atoms with van der Waals surface area (Å²) in [4.78, 5) is 12.3. The number of aryl methyl sites for hydroxylation is 1. The number of rotatable bonds is 6. The van der Waals surface area contributed by atoms with Crippen molar-refractivity contribution in [2.45, 2.75) is 30.8 Å². The van der Waals surface area contributed by atoms with E-state index < -0.39 is 32.8 Å². The number of carbonyl (C=O) groups is 1. The predicted molar refractivity (Wildman–Crippen MR) is 93.7 cm³/mol. The van der Waals surface area contributed by atoms with Gasteiger partial charge in [0.25, 0.3) is 0 Å². The Kier molecular flexibility index (Phi) is 5.59. The molecule has 1 unspecified atom stereocenters. The number of carbonyl (C=O) groups excluding carboxylic acids is 1. The highest BCUT2D eigenvalue weighted by molar-refractivity contribution is 7.91. The first kappa shape index (κ1) is 19.8. The van der Waals surface area contributed by atoms with Crippen molar-refractivity contribution in [2.24, 2.45) is 0 Å². The Morgan fingerprint density at radius 3 is 2.38 bits per heavy atom. The number of halogens is 1. The Balaban J connectivity index is 2.18. The number of hydrogen-bond donors (Lipinski definition) is 1. The van der Waals surface area contributed by atoms with E-state index in [2.05, 4.69) is 0 Å². The molecule has 2 aromatic rings. The van der Waals surface area contributed by atoms with Gasteiger partial charge in [-0.25, -0.2) is 12.8 Å². The Morgan fingerprint density at radius 1 is 1.23 bits per heavy atom. The maximum atomic E-state index is 13.0. The van der Waals surface area contributed by atoms with Gasteiger partial charge in [0.05, 0.1) is 22.3 Å². The lowest BCUT2D eigenvalue weighted by Gasteiger charge is -2.22. The van der Waals surface area contributed by atoms with Crippen LogP contribution in [0.2, 0.25) is 0 Å². The van der Waals surface area contributed by atoms with E-state index in [1.807, 2.05) is 6.07 Å². The predicted octanol–water partition coefficient (Wildman–Crippen LogP) is 2.34. The third-order valence-electron chi connectivity index (χ3n) is 4.02. The van der Waals surface area contributed by atoms with Crippen molar-refractivity contribution in [1.29, 1.82) is 5.26 Å². The van der Waals surface area contributed by atoms with Crippen molar-refractivity contribution >= 4 is 15.6 Å². The fourth-order valence-electron chi connectivity index (χ4n) is 2.51. The van der Waals surface area contributed by atoms with Gasteiger partial charge in [-0.15, -0.1) is 0 Å². The van der Waals surface area contributed by atoms with Gasteiger partial charge in [-0.3, -0.25) is 4.79 Å². The number of ketones is 1. The van der Waals surface area contributed by atoms with Crippen molar-refractivity contribution in [2.75, 3.05) is 5.75 Å². The van der Waals surface area contributed by atoms with Crippen LogP contribution in [-0.4, -0.2) is 30.7 Å². The van der Waals surface area contributed by atoms with Gasteiger partial charge >= 0.3 is 0 Å². The Labute approximate surface area is 151 Å². The van der Waals surface area contributed by atoms with E-state index in [9.17, 15) is 22.7 Å². The molecule has 0 radical (unpaired) electrons. The number of nitriles is 1. The first-order valence-corrected chi connectivity index (χ1v) is 9.44. The van der Waals surface area contributed by atoms with E-state index >= 15 is 0 Å². The molecular weight excluding hydrogens is 357 g/mol. The molecule has 0 aromatic heterocycles. The minimum absolute atomic E-state index is 0.166. The van der Waals surface area contributed by atoms with E-state index in [4.69, 9.17) is 5.26 Å². The molecule has 2 rings (SSSR count). The summed E-state index contributed by atoms with van der Waals surface area (Å²) in [6.45, 7) is 2.87. The van der Waals surface area contributed by atoms with E-state index in [-0.39, 0.29) is 11.3 Å². The average Bonchev–Trinajstić information content (AvgIpc) is 2.54.